The van der Waals surface area contributed by atoms with E-state index in [1.807, 2.05) is 0 Å². The molecule has 1 aromatic carbocycles. The molecule has 0 bridgehead atoms. The van der Waals surface area contributed by atoms with Crippen LogP contribution in [0.5, 0.6) is 5.75 Å². The van der Waals surface area contributed by atoms with Crippen molar-refractivity contribution in [2.75, 3.05) is 0 Å². The van der Waals surface area contributed by atoms with Crippen LogP contribution in [0.15, 0.2) is 24.3 Å². The molecule has 1 rings (SSSR count). The van der Waals surface area contributed by atoms with Crippen LogP contribution in [0.2, 0.25) is 0 Å². The first kappa shape index (κ1) is 14.5. The Morgan fingerprint density at radius 3 is 2.11 bits per heavy atom. The lowest BCUT2D eigenvalue weighted by Gasteiger charge is -2.15. The quantitative estimate of drug-likeness (QED) is 0.906. The van der Waals surface area contributed by atoms with Gasteiger partial charge in [0.25, 0.3) is 0 Å². The van der Waals surface area contributed by atoms with Gasteiger partial charge in [0.2, 0.25) is 0 Å². The number of ketones is 1. The fourth-order valence-corrected chi connectivity index (χ4v) is 1.21. The van der Waals surface area contributed by atoms with Crippen LogP contribution in [0, 0.1) is 0 Å². The number of benzene rings is 1. The molecule has 0 aliphatic carbocycles. The van der Waals surface area contributed by atoms with Gasteiger partial charge in [-0.05, 0) is 31.5 Å². The molecule has 0 atom stereocenters. The standard InChI is InChI=1S/C12H13F3O3/c1-11(2,17)10(16)7-8-3-5-9(6-4-8)18-12(13,14)15/h3-6,17H,7H2,1-2H3. The Bertz CT molecular complexity index is 416. The molecule has 100 valence electrons. The van der Waals surface area contributed by atoms with Gasteiger partial charge in [0.15, 0.2) is 5.78 Å². The fourth-order valence-electron chi connectivity index (χ4n) is 1.21. The predicted molar refractivity (Wildman–Crippen MR) is 58.1 cm³/mol. The van der Waals surface area contributed by atoms with Crippen LogP contribution in [0.25, 0.3) is 0 Å². The molecule has 0 spiro atoms. The Labute approximate surface area is 102 Å². The van der Waals surface area contributed by atoms with Gasteiger partial charge in [-0.25, -0.2) is 0 Å². The van der Waals surface area contributed by atoms with Crippen molar-refractivity contribution in [2.45, 2.75) is 32.2 Å². The van der Waals surface area contributed by atoms with Gasteiger partial charge in [-0.1, -0.05) is 12.1 Å². The molecule has 0 saturated carbocycles. The molecule has 0 aliphatic heterocycles. The maximum Gasteiger partial charge on any atom is 0.573 e. The van der Waals surface area contributed by atoms with Crippen molar-refractivity contribution in [3.63, 3.8) is 0 Å². The predicted octanol–water partition coefficient (Wildman–Crippen LogP) is 2.47. The Morgan fingerprint density at radius 1 is 1.22 bits per heavy atom. The normalized spacial score (nSPS) is 12.3. The van der Waals surface area contributed by atoms with Crippen LogP contribution in [0.3, 0.4) is 0 Å². The summed E-state index contributed by atoms with van der Waals surface area (Å²) in [5.74, 6) is -0.756. The van der Waals surface area contributed by atoms with Crippen molar-refractivity contribution in [3.8, 4) is 5.75 Å². The molecule has 0 aromatic heterocycles. The Morgan fingerprint density at radius 2 is 1.72 bits per heavy atom. The maximum absolute atomic E-state index is 11.9. The minimum Gasteiger partial charge on any atom is -0.406 e. The van der Waals surface area contributed by atoms with Crippen LogP contribution in [-0.4, -0.2) is 22.9 Å². The molecule has 0 saturated heterocycles. The van der Waals surface area contributed by atoms with Crippen LogP contribution in [0.1, 0.15) is 19.4 Å². The molecule has 0 aliphatic rings. The molecule has 0 amide bonds. The third-order valence-electron chi connectivity index (χ3n) is 2.20. The van der Waals surface area contributed by atoms with Gasteiger partial charge in [-0.15, -0.1) is 13.2 Å². The van der Waals surface area contributed by atoms with Gasteiger partial charge in [-0.3, -0.25) is 4.79 Å². The summed E-state index contributed by atoms with van der Waals surface area (Å²) in [5.41, 5.74) is -0.946. The van der Waals surface area contributed by atoms with Crippen LogP contribution in [-0.2, 0) is 11.2 Å². The van der Waals surface area contributed by atoms with E-state index in [9.17, 15) is 23.1 Å². The molecule has 0 radical (unpaired) electrons. The van der Waals surface area contributed by atoms with Gasteiger partial charge in [0, 0.05) is 6.42 Å². The number of rotatable bonds is 4. The van der Waals surface area contributed by atoms with Crippen LogP contribution >= 0.6 is 0 Å². The number of aliphatic hydroxyl groups is 1. The Balaban J connectivity index is 2.70. The average Bonchev–Trinajstić information content (AvgIpc) is 2.17. The summed E-state index contributed by atoms with van der Waals surface area (Å²) in [5, 5.41) is 9.43. The molecular formula is C12H13F3O3. The molecule has 1 aromatic rings. The monoisotopic (exact) mass is 262 g/mol. The minimum absolute atomic E-state index is 0.0458. The second kappa shape index (κ2) is 4.97. The number of hydrogen-bond acceptors (Lipinski definition) is 3. The first-order chi connectivity index (χ1) is 8.08. The molecule has 3 nitrogen and oxygen atoms in total. The molecule has 1 N–H and O–H groups in total. The lowest BCUT2D eigenvalue weighted by Crippen LogP contribution is -2.32. The number of Topliss-reactive ketones (excluding diaryl/α,β-unsaturated/α-hetero) is 1. The number of hydrogen-bond donors (Lipinski definition) is 1. The summed E-state index contributed by atoms with van der Waals surface area (Å²) in [4.78, 5) is 11.5. The maximum atomic E-state index is 11.9. The third-order valence-corrected chi connectivity index (χ3v) is 2.20. The van der Waals surface area contributed by atoms with E-state index < -0.39 is 17.7 Å². The largest absolute Gasteiger partial charge is 0.573 e. The Hall–Kier alpha value is -1.56. The highest BCUT2D eigenvalue weighted by atomic mass is 19.4. The van der Waals surface area contributed by atoms with Crippen molar-refractivity contribution < 1.29 is 27.8 Å². The van der Waals surface area contributed by atoms with E-state index in [-0.39, 0.29) is 12.2 Å². The van der Waals surface area contributed by atoms with Crippen LogP contribution in [0.4, 0.5) is 13.2 Å². The highest BCUT2D eigenvalue weighted by Gasteiger charge is 2.31. The summed E-state index contributed by atoms with van der Waals surface area (Å²) in [7, 11) is 0. The van der Waals surface area contributed by atoms with Crippen molar-refractivity contribution in [3.05, 3.63) is 29.8 Å². The van der Waals surface area contributed by atoms with Gasteiger partial charge in [0.05, 0.1) is 0 Å². The fraction of sp³-hybridized carbons (Fsp3) is 0.417. The lowest BCUT2D eigenvalue weighted by molar-refractivity contribution is -0.274. The topological polar surface area (TPSA) is 46.5 Å². The third kappa shape index (κ3) is 4.75. The molecule has 6 heteroatoms. The zero-order valence-electron chi connectivity index (χ0n) is 9.91. The summed E-state index contributed by atoms with van der Waals surface area (Å²) >= 11 is 0. The molecule has 0 unspecified atom stereocenters. The second-order valence-corrected chi connectivity index (χ2v) is 4.35. The van der Waals surface area contributed by atoms with Crippen LogP contribution < -0.4 is 4.74 Å². The van der Waals surface area contributed by atoms with Crippen molar-refractivity contribution >= 4 is 5.78 Å². The van der Waals surface area contributed by atoms with Gasteiger partial charge in [0.1, 0.15) is 11.4 Å². The molecular weight excluding hydrogens is 249 g/mol. The van der Waals surface area contributed by atoms with Gasteiger partial charge in [-0.2, -0.15) is 0 Å². The number of ether oxygens (including phenoxy) is 1. The van der Waals surface area contributed by atoms with E-state index in [1.54, 1.807) is 0 Å². The van der Waals surface area contributed by atoms with E-state index >= 15 is 0 Å². The Kier molecular flexibility index (Phi) is 4.01. The lowest BCUT2D eigenvalue weighted by atomic mass is 9.97. The van der Waals surface area contributed by atoms with E-state index in [2.05, 4.69) is 4.74 Å². The second-order valence-electron chi connectivity index (χ2n) is 4.35. The number of carbonyl (C=O) groups is 1. The highest BCUT2D eigenvalue weighted by Crippen LogP contribution is 2.23. The van der Waals surface area contributed by atoms with Crippen molar-refractivity contribution in [1.82, 2.24) is 0 Å². The zero-order chi connectivity index (χ0) is 14.0. The summed E-state index contributed by atoms with van der Waals surface area (Å²) < 4.78 is 39.4. The van der Waals surface area contributed by atoms with Crippen molar-refractivity contribution in [1.29, 1.82) is 0 Å². The van der Waals surface area contributed by atoms with Crippen molar-refractivity contribution in [2.24, 2.45) is 0 Å². The molecule has 0 heterocycles. The first-order valence-corrected chi connectivity index (χ1v) is 5.18. The van der Waals surface area contributed by atoms with E-state index in [0.29, 0.717) is 5.56 Å². The number of carbonyl (C=O) groups excluding carboxylic acids is 1. The smallest absolute Gasteiger partial charge is 0.406 e. The van der Waals surface area contributed by atoms with E-state index in [1.165, 1.54) is 26.0 Å². The molecule has 0 fully saturated rings. The zero-order valence-corrected chi connectivity index (χ0v) is 9.91. The summed E-state index contributed by atoms with van der Waals surface area (Å²) in [6.07, 6.45) is -4.78. The average molecular weight is 262 g/mol. The van der Waals surface area contributed by atoms with E-state index in [0.717, 1.165) is 12.1 Å². The SMILES string of the molecule is CC(C)(O)C(=O)Cc1ccc(OC(F)(F)F)cc1. The first-order valence-electron chi connectivity index (χ1n) is 5.18. The number of halogens is 3. The van der Waals surface area contributed by atoms with Gasteiger partial charge >= 0.3 is 6.36 Å². The summed E-state index contributed by atoms with van der Waals surface area (Å²) in [6, 6.07) is 4.95. The summed E-state index contributed by atoms with van der Waals surface area (Å²) in [6.45, 7) is 2.72. The molecule has 18 heavy (non-hydrogen) atoms. The van der Waals surface area contributed by atoms with Gasteiger partial charge < -0.3 is 9.84 Å². The number of alkyl halides is 3. The highest BCUT2D eigenvalue weighted by molar-refractivity contribution is 5.88. The minimum atomic E-state index is -4.73. The van der Waals surface area contributed by atoms with E-state index in [4.69, 9.17) is 0 Å².